The molecule has 1 heterocycles. The molecule has 0 saturated carbocycles. The van der Waals surface area contributed by atoms with Gasteiger partial charge in [0, 0.05) is 17.6 Å². The summed E-state index contributed by atoms with van der Waals surface area (Å²) in [6, 6.07) is 0. The molecule has 1 aromatic heterocycles. The molecule has 0 unspecified atom stereocenters. The second-order valence-electron chi connectivity index (χ2n) is 2.20. The van der Waals surface area contributed by atoms with Gasteiger partial charge in [0.15, 0.2) is 5.96 Å². The van der Waals surface area contributed by atoms with Crippen LogP contribution in [0.3, 0.4) is 0 Å². The van der Waals surface area contributed by atoms with E-state index in [9.17, 15) is 0 Å². The molecule has 1 aromatic rings. The van der Waals surface area contributed by atoms with Crippen LogP contribution in [0.15, 0.2) is 16.7 Å². The summed E-state index contributed by atoms with van der Waals surface area (Å²) in [6.07, 6.45) is 1.80. The zero-order valence-corrected chi connectivity index (χ0v) is 7.77. The highest BCUT2D eigenvalue weighted by molar-refractivity contribution is 7.09. The Labute approximate surface area is 75.5 Å². The smallest absolute Gasteiger partial charge is 0.188 e. The molecule has 0 amide bonds. The SMILES string of the molecule is CCNC(N)=NCc1cncs1. The van der Waals surface area contributed by atoms with Gasteiger partial charge in [-0.2, -0.15) is 0 Å². The summed E-state index contributed by atoms with van der Waals surface area (Å²) in [5, 5.41) is 2.92. The van der Waals surface area contributed by atoms with Gasteiger partial charge in [0.05, 0.1) is 12.1 Å². The van der Waals surface area contributed by atoms with Crippen LogP contribution in [0.4, 0.5) is 0 Å². The van der Waals surface area contributed by atoms with E-state index in [0.29, 0.717) is 12.5 Å². The fraction of sp³-hybridized carbons (Fsp3) is 0.429. The molecule has 1 rings (SSSR count). The third-order valence-corrected chi connectivity index (χ3v) is 2.01. The van der Waals surface area contributed by atoms with Crippen LogP contribution < -0.4 is 11.1 Å². The molecule has 0 bridgehead atoms. The fourth-order valence-electron chi connectivity index (χ4n) is 0.720. The monoisotopic (exact) mass is 184 g/mol. The van der Waals surface area contributed by atoms with Gasteiger partial charge in [0.1, 0.15) is 0 Å². The van der Waals surface area contributed by atoms with Crippen LogP contribution in [0.1, 0.15) is 11.8 Å². The fourth-order valence-corrected chi connectivity index (χ4v) is 1.24. The van der Waals surface area contributed by atoms with Crippen LogP contribution in [0.2, 0.25) is 0 Å². The summed E-state index contributed by atoms with van der Waals surface area (Å²) >= 11 is 1.58. The Morgan fingerprint density at radius 2 is 2.67 bits per heavy atom. The van der Waals surface area contributed by atoms with Crippen molar-refractivity contribution in [3.63, 3.8) is 0 Å². The molecular formula is C7H12N4S. The highest BCUT2D eigenvalue weighted by atomic mass is 32.1. The van der Waals surface area contributed by atoms with Crippen molar-refractivity contribution in [1.29, 1.82) is 0 Å². The van der Waals surface area contributed by atoms with Crippen molar-refractivity contribution in [2.75, 3.05) is 6.54 Å². The van der Waals surface area contributed by atoms with E-state index in [4.69, 9.17) is 5.73 Å². The first-order valence-corrected chi connectivity index (χ1v) is 4.62. The molecule has 0 saturated heterocycles. The number of nitrogens with zero attached hydrogens (tertiary/aromatic N) is 2. The van der Waals surface area contributed by atoms with Crippen LogP contribution in [-0.2, 0) is 6.54 Å². The molecule has 4 nitrogen and oxygen atoms in total. The minimum Gasteiger partial charge on any atom is -0.370 e. The summed E-state index contributed by atoms with van der Waals surface area (Å²) in [4.78, 5) is 9.17. The van der Waals surface area contributed by atoms with Gasteiger partial charge in [0.2, 0.25) is 0 Å². The minimum atomic E-state index is 0.492. The molecule has 0 spiro atoms. The molecule has 0 radical (unpaired) electrons. The minimum absolute atomic E-state index is 0.492. The van der Waals surface area contributed by atoms with Gasteiger partial charge in [-0.1, -0.05) is 0 Å². The first kappa shape index (κ1) is 8.99. The van der Waals surface area contributed by atoms with E-state index in [1.165, 1.54) is 0 Å². The molecule has 0 aliphatic heterocycles. The van der Waals surface area contributed by atoms with E-state index in [1.54, 1.807) is 23.0 Å². The second-order valence-corrected chi connectivity index (χ2v) is 3.17. The van der Waals surface area contributed by atoms with Gasteiger partial charge >= 0.3 is 0 Å². The molecular weight excluding hydrogens is 172 g/mol. The van der Waals surface area contributed by atoms with Crippen LogP contribution in [-0.4, -0.2) is 17.5 Å². The van der Waals surface area contributed by atoms with Crippen LogP contribution in [0.25, 0.3) is 0 Å². The maximum absolute atomic E-state index is 5.52. The number of guanidine groups is 1. The quantitative estimate of drug-likeness (QED) is 0.533. The number of aromatic nitrogens is 1. The Balaban J connectivity index is 2.38. The van der Waals surface area contributed by atoms with E-state index < -0.39 is 0 Å². The zero-order chi connectivity index (χ0) is 8.81. The number of thiazole rings is 1. The van der Waals surface area contributed by atoms with Crippen molar-refractivity contribution in [3.05, 3.63) is 16.6 Å². The molecule has 12 heavy (non-hydrogen) atoms. The summed E-state index contributed by atoms with van der Waals surface area (Å²) < 4.78 is 0. The average molecular weight is 184 g/mol. The highest BCUT2D eigenvalue weighted by Gasteiger charge is 1.92. The standard InChI is InChI=1S/C7H12N4S/c1-2-10-7(8)11-4-6-3-9-5-12-6/h3,5H,2,4H2,1H3,(H3,8,10,11). The Bertz CT molecular complexity index is 242. The zero-order valence-electron chi connectivity index (χ0n) is 6.95. The van der Waals surface area contributed by atoms with Gasteiger partial charge in [0.25, 0.3) is 0 Å². The van der Waals surface area contributed by atoms with Crippen LogP contribution in [0.5, 0.6) is 0 Å². The second kappa shape index (κ2) is 4.71. The lowest BCUT2D eigenvalue weighted by Gasteiger charge is -1.99. The lowest BCUT2D eigenvalue weighted by Crippen LogP contribution is -2.31. The van der Waals surface area contributed by atoms with E-state index >= 15 is 0 Å². The van der Waals surface area contributed by atoms with Crippen molar-refractivity contribution in [1.82, 2.24) is 10.3 Å². The first-order valence-electron chi connectivity index (χ1n) is 3.74. The van der Waals surface area contributed by atoms with E-state index in [-0.39, 0.29) is 0 Å². The summed E-state index contributed by atoms with van der Waals surface area (Å²) in [7, 11) is 0. The van der Waals surface area contributed by atoms with Crippen LogP contribution >= 0.6 is 11.3 Å². The molecule has 3 N–H and O–H groups in total. The predicted molar refractivity (Wildman–Crippen MR) is 51.1 cm³/mol. The van der Waals surface area contributed by atoms with E-state index in [1.807, 2.05) is 6.92 Å². The highest BCUT2D eigenvalue weighted by Crippen LogP contribution is 2.05. The van der Waals surface area contributed by atoms with Crippen molar-refractivity contribution in [2.45, 2.75) is 13.5 Å². The Morgan fingerprint density at radius 1 is 1.83 bits per heavy atom. The maximum atomic E-state index is 5.52. The van der Waals surface area contributed by atoms with E-state index in [2.05, 4.69) is 15.3 Å². The Kier molecular flexibility index (Phi) is 3.53. The van der Waals surface area contributed by atoms with E-state index in [0.717, 1.165) is 11.4 Å². The number of aliphatic imine (C=N–C) groups is 1. The number of hydrogen-bond donors (Lipinski definition) is 2. The van der Waals surface area contributed by atoms with Crippen molar-refractivity contribution in [2.24, 2.45) is 10.7 Å². The number of hydrogen-bond acceptors (Lipinski definition) is 3. The summed E-state index contributed by atoms with van der Waals surface area (Å²) in [6.45, 7) is 3.40. The topological polar surface area (TPSA) is 63.3 Å². The lowest BCUT2D eigenvalue weighted by molar-refractivity contribution is 0.929. The Hall–Kier alpha value is -1.10. The van der Waals surface area contributed by atoms with Crippen molar-refractivity contribution < 1.29 is 0 Å². The molecule has 5 heteroatoms. The number of nitrogens with one attached hydrogen (secondary N) is 1. The van der Waals surface area contributed by atoms with Gasteiger partial charge < -0.3 is 11.1 Å². The average Bonchev–Trinajstić information content (AvgIpc) is 2.53. The number of rotatable bonds is 3. The molecule has 0 atom stereocenters. The van der Waals surface area contributed by atoms with Gasteiger partial charge in [-0.05, 0) is 6.92 Å². The molecule has 0 fully saturated rings. The van der Waals surface area contributed by atoms with Crippen molar-refractivity contribution >= 4 is 17.3 Å². The number of nitrogens with two attached hydrogens (primary N) is 1. The van der Waals surface area contributed by atoms with Gasteiger partial charge in [-0.15, -0.1) is 11.3 Å². The third-order valence-electron chi connectivity index (χ3n) is 1.25. The normalized spacial score (nSPS) is 11.6. The van der Waals surface area contributed by atoms with Gasteiger partial charge in [-0.25, -0.2) is 4.99 Å². The van der Waals surface area contributed by atoms with Gasteiger partial charge in [-0.3, -0.25) is 4.98 Å². The van der Waals surface area contributed by atoms with Crippen molar-refractivity contribution in [3.8, 4) is 0 Å². The lowest BCUT2D eigenvalue weighted by atomic mass is 10.5. The maximum Gasteiger partial charge on any atom is 0.188 e. The third kappa shape index (κ3) is 2.87. The molecule has 0 aromatic carbocycles. The summed E-state index contributed by atoms with van der Waals surface area (Å²) in [5.74, 6) is 0.492. The molecule has 0 aliphatic carbocycles. The molecule has 0 aliphatic rings. The molecule has 66 valence electrons. The summed E-state index contributed by atoms with van der Waals surface area (Å²) in [5.41, 5.74) is 7.31. The largest absolute Gasteiger partial charge is 0.370 e. The Morgan fingerprint density at radius 3 is 3.25 bits per heavy atom. The predicted octanol–water partition coefficient (Wildman–Crippen LogP) is 0.567. The first-order chi connectivity index (χ1) is 5.83. The van der Waals surface area contributed by atoms with Crippen LogP contribution in [0, 0.1) is 0 Å².